The first-order chi connectivity index (χ1) is 13.9. The quantitative estimate of drug-likeness (QED) is 0.663. The molecule has 0 heterocycles. The highest BCUT2D eigenvalue weighted by Gasteiger charge is 2.26. The number of nitrogens with one attached hydrogen (secondary N) is 1. The van der Waals surface area contributed by atoms with Gasteiger partial charge >= 0.3 is 0 Å². The maximum atomic E-state index is 13.0. The number of benzene rings is 2. The third-order valence-electron chi connectivity index (χ3n) is 4.40. The molecule has 0 spiro atoms. The van der Waals surface area contributed by atoms with Crippen LogP contribution in [0, 0.1) is 5.82 Å². The summed E-state index contributed by atoms with van der Waals surface area (Å²) in [5.74, 6) is 0.137. The molecule has 0 radical (unpaired) electrons. The van der Waals surface area contributed by atoms with Crippen molar-refractivity contribution < 1.29 is 23.5 Å². The van der Waals surface area contributed by atoms with E-state index in [-0.39, 0.29) is 30.8 Å². The van der Waals surface area contributed by atoms with Crippen LogP contribution in [0.25, 0.3) is 0 Å². The normalized spacial score (nSPS) is 11.4. The monoisotopic (exact) mass is 402 g/mol. The largest absolute Gasteiger partial charge is 0.497 e. The summed E-state index contributed by atoms with van der Waals surface area (Å²) in [6.45, 7) is 4.18. The molecule has 6 nitrogen and oxygen atoms in total. The number of hydrogen-bond acceptors (Lipinski definition) is 4. The zero-order valence-corrected chi connectivity index (χ0v) is 17.0. The Morgan fingerprint density at radius 2 is 1.69 bits per heavy atom. The fourth-order valence-corrected chi connectivity index (χ4v) is 2.66. The molecule has 1 N–H and O–H groups in total. The second kappa shape index (κ2) is 11.0. The summed E-state index contributed by atoms with van der Waals surface area (Å²) < 4.78 is 23.7. The molecule has 0 aliphatic carbocycles. The lowest BCUT2D eigenvalue weighted by Gasteiger charge is -2.28. The Morgan fingerprint density at radius 3 is 2.28 bits per heavy atom. The van der Waals surface area contributed by atoms with Crippen molar-refractivity contribution in [2.24, 2.45) is 0 Å². The molecule has 2 aromatic rings. The number of amides is 2. The summed E-state index contributed by atoms with van der Waals surface area (Å²) in [6, 6.07) is 12.0. The summed E-state index contributed by atoms with van der Waals surface area (Å²) in [5.41, 5.74) is 0.857. The van der Waals surface area contributed by atoms with Gasteiger partial charge in [-0.25, -0.2) is 4.39 Å². The molecular formula is C22H27FN2O4. The molecule has 0 bridgehead atoms. The minimum Gasteiger partial charge on any atom is -0.497 e. The van der Waals surface area contributed by atoms with Crippen LogP contribution < -0.4 is 14.8 Å². The lowest BCUT2D eigenvalue weighted by molar-refractivity contribution is -0.142. The Morgan fingerprint density at radius 1 is 1.07 bits per heavy atom. The smallest absolute Gasteiger partial charge is 0.261 e. The molecule has 0 aliphatic rings. The molecule has 1 atom stereocenters. The predicted molar refractivity (Wildman–Crippen MR) is 108 cm³/mol. The van der Waals surface area contributed by atoms with Gasteiger partial charge in [-0.05, 0) is 55.3 Å². The first-order valence-electron chi connectivity index (χ1n) is 9.53. The van der Waals surface area contributed by atoms with Crippen LogP contribution in [0.4, 0.5) is 4.39 Å². The van der Waals surface area contributed by atoms with Crippen molar-refractivity contribution >= 4 is 11.8 Å². The summed E-state index contributed by atoms with van der Waals surface area (Å²) in [4.78, 5) is 26.8. The molecular weight excluding hydrogens is 375 g/mol. The summed E-state index contributed by atoms with van der Waals surface area (Å²) in [7, 11) is 1.58. The number of hydrogen-bond donors (Lipinski definition) is 1. The first kappa shape index (κ1) is 22.2. The van der Waals surface area contributed by atoms with E-state index in [0.29, 0.717) is 18.0 Å². The van der Waals surface area contributed by atoms with Crippen molar-refractivity contribution in [2.45, 2.75) is 32.9 Å². The fourth-order valence-electron chi connectivity index (χ4n) is 2.66. The van der Waals surface area contributed by atoms with E-state index in [4.69, 9.17) is 9.47 Å². The van der Waals surface area contributed by atoms with Crippen molar-refractivity contribution in [1.82, 2.24) is 10.2 Å². The second-order valence-corrected chi connectivity index (χ2v) is 6.58. The summed E-state index contributed by atoms with van der Waals surface area (Å²) in [6.07, 6.45) is 0.804. The number of methoxy groups -OCH3 is 1. The zero-order valence-electron chi connectivity index (χ0n) is 17.0. The number of ether oxygens (including phenoxy) is 2. The van der Waals surface area contributed by atoms with Crippen molar-refractivity contribution in [2.75, 3.05) is 20.3 Å². The standard InChI is InChI=1S/C22H27FN2O4/c1-4-13-24-22(27)16(2)25(14-17-5-9-19(28-3)10-6-17)21(26)15-29-20-11-7-18(23)8-12-20/h5-12,16H,4,13-15H2,1-3H3,(H,24,27). The van der Waals surface area contributed by atoms with Crippen LogP contribution in [0.5, 0.6) is 11.5 Å². The molecule has 7 heteroatoms. The highest BCUT2D eigenvalue weighted by Crippen LogP contribution is 2.16. The van der Waals surface area contributed by atoms with Gasteiger partial charge in [0.15, 0.2) is 6.61 Å². The highest BCUT2D eigenvalue weighted by molar-refractivity contribution is 5.87. The molecule has 2 amide bonds. The molecule has 0 saturated heterocycles. The van der Waals surface area contributed by atoms with Crippen LogP contribution in [-0.2, 0) is 16.1 Å². The van der Waals surface area contributed by atoms with Gasteiger partial charge in [0.1, 0.15) is 23.4 Å². The minimum atomic E-state index is -0.673. The van der Waals surface area contributed by atoms with Gasteiger partial charge in [-0.15, -0.1) is 0 Å². The lowest BCUT2D eigenvalue weighted by Crippen LogP contribution is -2.49. The van der Waals surface area contributed by atoms with Gasteiger partial charge < -0.3 is 19.7 Å². The van der Waals surface area contributed by atoms with Gasteiger partial charge in [0.05, 0.1) is 7.11 Å². The molecule has 29 heavy (non-hydrogen) atoms. The van der Waals surface area contributed by atoms with E-state index in [0.717, 1.165) is 12.0 Å². The molecule has 0 aliphatic heterocycles. The van der Waals surface area contributed by atoms with Gasteiger partial charge in [-0.3, -0.25) is 9.59 Å². The number of halogens is 1. The fraction of sp³-hybridized carbons (Fsp3) is 0.364. The number of carbonyl (C=O) groups is 2. The molecule has 0 aromatic heterocycles. The molecule has 0 fully saturated rings. The third kappa shape index (κ3) is 6.78. The molecule has 0 saturated carbocycles. The van der Waals surface area contributed by atoms with Crippen LogP contribution in [0.15, 0.2) is 48.5 Å². The predicted octanol–water partition coefficient (Wildman–Crippen LogP) is 3.16. The van der Waals surface area contributed by atoms with Crippen LogP contribution in [-0.4, -0.2) is 43.0 Å². The summed E-state index contributed by atoms with van der Waals surface area (Å²) >= 11 is 0. The van der Waals surface area contributed by atoms with E-state index in [1.54, 1.807) is 26.2 Å². The van der Waals surface area contributed by atoms with Crippen molar-refractivity contribution in [3.8, 4) is 11.5 Å². The Kier molecular flexibility index (Phi) is 8.45. The Labute approximate surface area is 170 Å². The Bertz CT molecular complexity index is 793. The SMILES string of the molecule is CCCNC(=O)C(C)N(Cc1ccc(OC)cc1)C(=O)COc1ccc(F)cc1. The van der Waals surface area contributed by atoms with E-state index in [1.165, 1.54) is 29.2 Å². The molecule has 2 rings (SSSR count). The van der Waals surface area contributed by atoms with E-state index >= 15 is 0 Å². The van der Waals surface area contributed by atoms with Gasteiger partial charge in [-0.2, -0.15) is 0 Å². The van der Waals surface area contributed by atoms with Crippen molar-refractivity contribution in [3.63, 3.8) is 0 Å². The average molecular weight is 402 g/mol. The Hall–Kier alpha value is -3.09. The number of carbonyl (C=O) groups excluding carboxylic acids is 2. The number of nitrogens with zero attached hydrogens (tertiary/aromatic N) is 1. The number of rotatable bonds is 10. The van der Waals surface area contributed by atoms with E-state index in [9.17, 15) is 14.0 Å². The van der Waals surface area contributed by atoms with E-state index in [2.05, 4.69) is 5.32 Å². The molecule has 2 aromatic carbocycles. The third-order valence-corrected chi connectivity index (χ3v) is 4.40. The zero-order chi connectivity index (χ0) is 21.2. The van der Waals surface area contributed by atoms with Gasteiger partial charge in [0, 0.05) is 13.1 Å². The maximum Gasteiger partial charge on any atom is 0.261 e. The lowest BCUT2D eigenvalue weighted by atomic mass is 10.1. The van der Waals surface area contributed by atoms with Crippen molar-refractivity contribution in [3.05, 3.63) is 59.9 Å². The van der Waals surface area contributed by atoms with Crippen LogP contribution >= 0.6 is 0 Å². The molecule has 156 valence electrons. The van der Waals surface area contributed by atoms with E-state index in [1.807, 2.05) is 19.1 Å². The topological polar surface area (TPSA) is 67.9 Å². The van der Waals surface area contributed by atoms with Gasteiger partial charge in [0.2, 0.25) is 5.91 Å². The van der Waals surface area contributed by atoms with Crippen LogP contribution in [0.2, 0.25) is 0 Å². The van der Waals surface area contributed by atoms with Crippen LogP contribution in [0.3, 0.4) is 0 Å². The van der Waals surface area contributed by atoms with Gasteiger partial charge in [-0.1, -0.05) is 19.1 Å². The highest BCUT2D eigenvalue weighted by atomic mass is 19.1. The minimum absolute atomic E-state index is 0.226. The van der Waals surface area contributed by atoms with Gasteiger partial charge in [0.25, 0.3) is 5.91 Å². The second-order valence-electron chi connectivity index (χ2n) is 6.58. The van der Waals surface area contributed by atoms with Crippen molar-refractivity contribution in [1.29, 1.82) is 0 Å². The summed E-state index contributed by atoms with van der Waals surface area (Å²) in [5, 5.41) is 2.82. The van der Waals surface area contributed by atoms with E-state index < -0.39 is 6.04 Å². The average Bonchev–Trinajstić information content (AvgIpc) is 2.75. The molecule has 1 unspecified atom stereocenters. The Balaban J connectivity index is 2.11. The van der Waals surface area contributed by atoms with Crippen LogP contribution in [0.1, 0.15) is 25.8 Å². The first-order valence-corrected chi connectivity index (χ1v) is 9.53. The maximum absolute atomic E-state index is 13.0.